The number of ether oxygens (including phenoxy) is 2. The van der Waals surface area contributed by atoms with Gasteiger partial charge in [0.15, 0.2) is 17.5 Å². The van der Waals surface area contributed by atoms with Gasteiger partial charge in [0.05, 0.1) is 11.9 Å². The molecule has 5 aliphatic carbocycles. The first-order valence-electron chi connectivity index (χ1n) is 27.0. The molecule has 6 bridgehead atoms. The Bertz CT molecular complexity index is 2210. The largest absolute Gasteiger partial charge is 0.504 e. The molecular weight excluding hydrogens is 905 g/mol. The van der Waals surface area contributed by atoms with Crippen molar-refractivity contribution >= 4 is 39.4 Å². The molecule has 378 valence electrons. The average Bonchev–Trinajstić information content (AvgIpc) is 4.15. The zero-order chi connectivity index (χ0) is 47.9. The number of rotatable bonds is 3. The third-order valence-corrected chi connectivity index (χ3v) is 22.1. The first-order chi connectivity index (χ1) is 33.3. The minimum Gasteiger partial charge on any atom is -0.504 e. The van der Waals surface area contributed by atoms with Gasteiger partial charge in [0, 0.05) is 85.5 Å². The van der Waals surface area contributed by atoms with Crippen molar-refractivity contribution in [2.75, 3.05) is 25.4 Å². The first-order valence-corrected chi connectivity index (χ1v) is 29.3. The molecule has 4 spiro atoms. The van der Waals surface area contributed by atoms with E-state index in [4.69, 9.17) is 25.9 Å². The van der Waals surface area contributed by atoms with E-state index < -0.39 is 23.2 Å². The summed E-state index contributed by atoms with van der Waals surface area (Å²) in [6.07, 6.45) is 32.3. The highest BCUT2D eigenvalue weighted by atomic mass is 33.1. The molecule has 5 heterocycles. The van der Waals surface area contributed by atoms with Crippen molar-refractivity contribution < 1.29 is 29.3 Å². The van der Waals surface area contributed by atoms with Crippen LogP contribution in [-0.4, -0.2) is 81.0 Å². The first kappa shape index (κ1) is 49.1. The van der Waals surface area contributed by atoms with E-state index in [0.717, 1.165) is 67.4 Å². The lowest BCUT2D eigenvalue weighted by Crippen LogP contribution is -2.55. The van der Waals surface area contributed by atoms with Crippen molar-refractivity contribution in [3.8, 4) is 11.5 Å². The van der Waals surface area contributed by atoms with E-state index in [1.807, 2.05) is 11.0 Å². The molecule has 14 heteroatoms. The summed E-state index contributed by atoms with van der Waals surface area (Å²) in [4.78, 5) is 34.0. The monoisotopic (exact) mass is 985 g/mol. The number of hydrogen-bond acceptors (Lipinski definition) is 13. The fourth-order valence-electron chi connectivity index (χ4n) is 15.1. The second-order valence-corrected chi connectivity index (χ2v) is 25.9. The number of nitrogens with zero attached hydrogens (tertiary/aromatic N) is 2. The summed E-state index contributed by atoms with van der Waals surface area (Å²) in [5, 5.41) is 31.1. The smallest absolute Gasteiger partial charge is 0.302 e. The van der Waals surface area contributed by atoms with Crippen LogP contribution < -0.4 is 26.8 Å². The van der Waals surface area contributed by atoms with Crippen LogP contribution in [0.15, 0.2) is 46.8 Å². The number of nitrogens with two attached hydrogens (primary N) is 2. The van der Waals surface area contributed by atoms with Gasteiger partial charge in [0.2, 0.25) is 5.91 Å². The summed E-state index contributed by atoms with van der Waals surface area (Å²) in [6, 6.07) is 2.09. The van der Waals surface area contributed by atoms with E-state index in [1.165, 1.54) is 77.6 Å². The minimum atomic E-state index is -0.581. The molecule has 0 radical (unpaired) electrons. The number of esters is 1. The summed E-state index contributed by atoms with van der Waals surface area (Å²) in [7, 11) is 4.12. The molecule has 5 fully saturated rings. The van der Waals surface area contributed by atoms with Gasteiger partial charge in [-0.05, 0) is 144 Å². The number of carbonyl (C=O) groups excluding carboxylic acids is 2. The van der Waals surface area contributed by atoms with Crippen molar-refractivity contribution in [3.05, 3.63) is 58.5 Å². The number of dihydropyridines is 1. The van der Waals surface area contributed by atoms with Crippen LogP contribution in [0, 0.1) is 22.2 Å². The van der Waals surface area contributed by atoms with Crippen molar-refractivity contribution in [1.82, 2.24) is 15.5 Å². The van der Waals surface area contributed by atoms with Gasteiger partial charge < -0.3 is 46.7 Å². The zero-order valence-electron chi connectivity index (χ0n) is 41.3. The SMILES string of the molecule is CC(=O)OC1CCc2cc(c(O)c3c2C2C=CC4(CCCC4C2)O3)CN2CC(CC3=CCNC(N)=C3)(CCN=C(N)NC3(CCCC34CCCC4)SSCC3(CCCCC(O)C1)CCCC3)CC2=O. The highest BCUT2D eigenvalue weighted by molar-refractivity contribution is 8.77. The second kappa shape index (κ2) is 20.2. The number of fused-ring (bicyclic) bond motifs is 5. The molecule has 1 aromatic rings. The standard InChI is InChI=1S/C55H80N6O6S2/c1-37(62)66-44-13-12-39-29-41(48(65)49-47(39)40-14-24-54(67-49)22-8-10-42(54)30-40)34-61-35-52(33-46(61)64,32-38-15-26-58-45(56)28-38)25-27-59-50(57)60-55(23-9-21-53(55)19-6-7-20-53)69-68-36-51(17-4-5-18-51)16-3-2-11-43(63)31-44/h14-15,24,28-29,40,42-44,58,63,65H,2-13,16-23,25-27,30-36,56H2,1H3,(H3,57,59,60). The highest BCUT2D eigenvalue weighted by Crippen LogP contribution is 2.64. The molecule has 7 unspecified atom stereocenters. The molecule has 10 aliphatic rings. The van der Waals surface area contributed by atoms with E-state index in [0.29, 0.717) is 99.0 Å². The topological polar surface area (TPSA) is 185 Å². The number of nitrogens with one attached hydrogen (secondary N) is 2. The number of benzene rings is 1. The molecule has 12 nitrogen and oxygen atoms in total. The number of allylic oxidation sites excluding steroid dienone is 3. The van der Waals surface area contributed by atoms with Gasteiger partial charge in [-0.1, -0.05) is 72.3 Å². The number of aliphatic hydroxyl groups excluding tert-OH is 1. The van der Waals surface area contributed by atoms with E-state index in [-0.39, 0.29) is 40.4 Å². The number of aliphatic imine (C=N–C) groups is 1. The van der Waals surface area contributed by atoms with E-state index in [2.05, 4.69) is 56.5 Å². The van der Waals surface area contributed by atoms with Gasteiger partial charge in [0.1, 0.15) is 16.6 Å². The Morgan fingerprint density at radius 1 is 0.957 bits per heavy atom. The molecule has 1 amide bonds. The van der Waals surface area contributed by atoms with Crippen LogP contribution in [-0.2, 0) is 27.3 Å². The molecule has 5 aliphatic heterocycles. The molecule has 8 N–H and O–H groups in total. The summed E-state index contributed by atoms with van der Waals surface area (Å²) < 4.78 is 13.1. The number of phenols is 1. The number of guanidine groups is 1. The summed E-state index contributed by atoms with van der Waals surface area (Å²) in [5.74, 6) is 3.09. The Balaban J connectivity index is 0.986. The minimum absolute atomic E-state index is 0.0485. The number of amides is 1. The fraction of sp³-hybridized carbons (Fsp3) is 0.727. The third-order valence-electron chi connectivity index (χ3n) is 18.6. The summed E-state index contributed by atoms with van der Waals surface area (Å²) in [5.41, 5.74) is 16.8. The summed E-state index contributed by atoms with van der Waals surface area (Å²) in [6.45, 7) is 3.33. The number of aliphatic hydroxyl groups is 1. The number of aromatic hydroxyl groups is 1. The molecule has 0 aromatic heterocycles. The Morgan fingerprint density at radius 2 is 1.74 bits per heavy atom. The molecule has 11 rings (SSSR count). The number of aryl methyl sites for hydroxylation is 1. The lowest BCUT2D eigenvalue weighted by Gasteiger charge is -2.44. The number of carbonyl (C=O) groups is 2. The van der Waals surface area contributed by atoms with Crippen LogP contribution in [0.25, 0.3) is 0 Å². The van der Waals surface area contributed by atoms with E-state index in [9.17, 15) is 19.8 Å². The van der Waals surface area contributed by atoms with Crippen molar-refractivity contribution in [2.45, 2.75) is 203 Å². The van der Waals surface area contributed by atoms with Gasteiger partial charge in [-0.15, -0.1) is 0 Å². The van der Waals surface area contributed by atoms with Gasteiger partial charge in [-0.25, -0.2) is 0 Å². The Labute approximate surface area is 418 Å². The Kier molecular flexibility index (Phi) is 14.4. The third kappa shape index (κ3) is 10.2. The van der Waals surface area contributed by atoms with Crippen LogP contribution >= 0.6 is 21.6 Å². The lowest BCUT2D eigenvalue weighted by atomic mass is 9.75. The van der Waals surface area contributed by atoms with Gasteiger partial charge in [-0.3, -0.25) is 14.6 Å². The Hall–Kier alpha value is -3.49. The molecule has 4 saturated carbocycles. The van der Waals surface area contributed by atoms with Crippen molar-refractivity contribution in [1.29, 1.82) is 0 Å². The molecule has 69 heavy (non-hydrogen) atoms. The number of hydrogen-bond donors (Lipinski definition) is 6. The van der Waals surface area contributed by atoms with Crippen LogP contribution in [0.4, 0.5) is 0 Å². The normalized spacial score (nSPS) is 34.8. The summed E-state index contributed by atoms with van der Waals surface area (Å²) >= 11 is 0. The number of phenolic OH excluding ortho intramolecular Hbond substituents is 1. The van der Waals surface area contributed by atoms with Crippen LogP contribution in [0.3, 0.4) is 0 Å². The zero-order valence-corrected chi connectivity index (χ0v) is 42.9. The van der Waals surface area contributed by atoms with Crippen LogP contribution in [0.5, 0.6) is 11.5 Å². The van der Waals surface area contributed by atoms with E-state index in [1.54, 1.807) is 0 Å². The lowest BCUT2D eigenvalue weighted by molar-refractivity contribution is -0.148. The maximum Gasteiger partial charge on any atom is 0.302 e. The fourth-order valence-corrected chi connectivity index (χ4v) is 19.3. The molecule has 1 saturated heterocycles. The van der Waals surface area contributed by atoms with Gasteiger partial charge in [0.25, 0.3) is 0 Å². The quantitative estimate of drug-likeness (QED) is 0.0959. The van der Waals surface area contributed by atoms with E-state index >= 15 is 0 Å². The highest BCUT2D eigenvalue weighted by Gasteiger charge is 2.57. The second-order valence-electron chi connectivity index (χ2n) is 23.3. The van der Waals surface area contributed by atoms with Crippen molar-refractivity contribution in [2.24, 2.45) is 38.6 Å². The van der Waals surface area contributed by atoms with Gasteiger partial charge >= 0.3 is 5.97 Å². The van der Waals surface area contributed by atoms with Crippen LogP contribution in [0.2, 0.25) is 0 Å². The predicted octanol–water partition coefficient (Wildman–Crippen LogP) is 9.67. The maximum atomic E-state index is 14.5. The van der Waals surface area contributed by atoms with Crippen molar-refractivity contribution in [3.63, 3.8) is 0 Å². The van der Waals surface area contributed by atoms with Gasteiger partial charge in [-0.2, -0.15) is 0 Å². The Morgan fingerprint density at radius 3 is 2.54 bits per heavy atom. The molecular formula is C55H80N6O6S2. The maximum absolute atomic E-state index is 14.5. The van der Waals surface area contributed by atoms with Crippen LogP contribution in [0.1, 0.15) is 184 Å². The predicted molar refractivity (Wildman–Crippen MR) is 276 cm³/mol. The average molecular weight is 985 g/mol. The molecule has 1 aromatic carbocycles. The molecule has 7 atom stereocenters.